The van der Waals surface area contributed by atoms with Gasteiger partial charge in [0.1, 0.15) is 16.7 Å². The summed E-state index contributed by atoms with van der Waals surface area (Å²) >= 11 is 0. The van der Waals surface area contributed by atoms with Crippen LogP contribution in [0.25, 0.3) is 49.3 Å². The minimum Gasteiger partial charge on any atom is -0.493 e. The molecular weight excluding hydrogens is 612 g/mol. The Labute approximate surface area is 278 Å². The molecule has 0 fully saturated rings. The predicted octanol–water partition coefficient (Wildman–Crippen LogP) is 8.96. The molecule has 0 atom stereocenters. The Balaban J connectivity index is 1.75. The number of amides is 1. The van der Waals surface area contributed by atoms with E-state index in [0.29, 0.717) is 50.6 Å². The normalized spacial score (nSPS) is 12.0. The van der Waals surface area contributed by atoms with Gasteiger partial charge in [-0.3, -0.25) is 5.32 Å². The van der Waals surface area contributed by atoms with Gasteiger partial charge in [0.05, 0.1) is 37.6 Å². The first-order valence-electron chi connectivity index (χ1n) is 15.9. The van der Waals surface area contributed by atoms with Gasteiger partial charge in [0.2, 0.25) is 0 Å². The lowest BCUT2D eigenvalue weighted by Crippen LogP contribution is -2.27. The average molecular weight is 653 g/mol. The second kappa shape index (κ2) is 12.3. The Hall–Kier alpha value is -5.38. The zero-order chi connectivity index (χ0) is 34.5. The fourth-order valence-electron chi connectivity index (χ4n) is 6.02. The van der Waals surface area contributed by atoms with Crippen molar-refractivity contribution in [2.75, 3.05) is 19.5 Å². The third kappa shape index (κ3) is 5.94. The van der Waals surface area contributed by atoms with Crippen LogP contribution >= 0.6 is 0 Å². The largest absolute Gasteiger partial charge is 0.493 e. The molecule has 1 amide bonds. The first-order chi connectivity index (χ1) is 22.8. The van der Waals surface area contributed by atoms with Crippen molar-refractivity contribution < 1.29 is 32.9 Å². The van der Waals surface area contributed by atoms with Crippen molar-refractivity contribution in [3.05, 3.63) is 71.2 Å². The summed E-state index contributed by atoms with van der Waals surface area (Å²) in [6.07, 6.45) is 1.05. The maximum Gasteiger partial charge on any atom is 0.412 e. The number of anilines is 1. The lowest BCUT2D eigenvalue weighted by Gasteiger charge is -2.20. The van der Waals surface area contributed by atoms with E-state index in [1.165, 1.54) is 0 Å². The van der Waals surface area contributed by atoms with Gasteiger partial charge in [-0.05, 0) is 84.4 Å². The van der Waals surface area contributed by atoms with Crippen LogP contribution in [-0.2, 0) is 4.74 Å². The van der Waals surface area contributed by atoms with Crippen LogP contribution < -0.4 is 29.9 Å². The van der Waals surface area contributed by atoms with E-state index in [9.17, 15) is 9.59 Å². The molecule has 0 radical (unpaired) electrons. The van der Waals surface area contributed by atoms with Crippen molar-refractivity contribution in [1.29, 1.82) is 0 Å². The Kier molecular flexibility index (Phi) is 8.37. The molecule has 3 aromatic carbocycles. The van der Waals surface area contributed by atoms with E-state index in [1.807, 2.05) is 108 Å². The predicted molar refractivity (Wildman–Crippen MR) is 188 cm³/mol. The van der Waals surface area contributed by atoms with Crippen LogP contribution in [-0.4, -0.2) is 42.5 Å². The van der Waals surface area contributed by atoms with E-state index in [0.717, 1.165) is 27.4 Å². The summed E-state index contributed by atoms with van der Waals surface area (Å²) < 4.78 is 36.9. The second-order valence-corrected chi connectivity index (χ2v) is 13.1. The third-order valence-electron chi connectivity index (χ3n) is 7.70. The molecule has 250 valence electrons. The minimum atomic E-state index is -0.672. The van der Waals surface area contributed by atoms with Crippen LogP contribution in [0.3, 0.4) is 0 Å². The van der Waals surface area contributed by atoms with Crippen molar-refractivity contribution in [1.82, 2.24) is 4.40 Å². The summed E-state index contributed by atoms with van der Waals surface area (Å²) in [7, 11) is 3.17. The summed E-state index contributed by atoms with van der Waals surface area (Å²) in [6, 6.07) is 16.8. The maximum absolute atomic E-state index is 13.9. The van der Waals surface area contributed by atoms with Crippen LogP contribution in [0.15, 0.2) is 70.0 Å². The van der Waals surface area contributed by atoms with Gasteiger partial charge in [-0.1, -0.05) is 18.2 Å². The molecular formula is C38H40N2O8. The average Bonchev–Trinajstić information content (AvgIpc) is 3.36. The molecule has 0 aliphatic carbocycles. The van der Waals surface area contributed by atoms with Gasteiger partial charge in [-0.2, -0.15) is 0 Å². The molecule has 1 N–H and O–H groups in total. The van der Waals surface area contributed by atoms with E-state index in [2.05, 4.69) is 5.32 Å². The molecule has 0 spiro atoms. The number of benzene rings is 3. The van der Waals surface area contributed by atoms with Crippen LogP contribution in [0.5, 0.6) is 23.0 Å². The number of pyridine rings is 1. The number of methoxy groups -OCH3 is 2. The SMILES string of the molecule is COc1cc(-c2c3c4cc(OC)c(OC(C)C)cc4oc(=O)c3n3ccc4c(NC(=O)OC(C)(C)C)cccc4c23)ccc1OC(C)C. The molecule has 10 heteroatoms. The highest BCUT2D eigenvalue weighted by Crippen LogP contribution is 2.46. The molecule has 3 aromatic heterocycles. The topological polar surface area (TPSA) is 110 Å². The summed E-state index contributed by atoms with van der Waals surface area (Å²) in [4.78, 5) is 26.8. The van der Waals surface area contributed by atoms with Crippen molar-refractivity contribution >= 4 is 49.9 Å². The maximum atomic E-state index is 13.9. The van der Waals surface area contributed by atoms with Gasteiger partial charge in [-0.25, -0.2) is 9.59 Å². The quantitative estimate of drug-likeness (QED) is 0.162. The number of hydrogen-bond donors (Lipinski definition) is 1. The second-order valence-electron chi connectivity index (χ2n) is 13.1. The van der Waals surface area contributed by atoms with Crippen LogP contribution in [0.2, 0.25) is 0 Å². The lowest BCUT2D eigenvalue weighted by atomic mass is 9.97. The molecule has 3 heterocycles. The van der Waals surface area contributed by atoms with E-state index in [4.69, 9.17) is 28.1 Å². The van der Waals surface area contributed by atoms with Crippen molar-refractivity contribution in [3.63, 3.8) is 0 Å². The smallest absolute Gasteiger partial charge is 0.412 e. The van der Waals surface area contributed by atoms with Gasteiger partial charge in [-0.15, -0.1) is 0 Å². The Bertz CT molecular complexity index is 2260. The number of rotatable bonds is 8. The number of ether oxygens (including phenoxy) is 5. The highest BCUT2D eigenvalue weighted by Gasteiger charge is 2.25. The summed E-state index contributed by atoms with van der Waals surface area (Å²) in [5.74, 6) is 2.10. The first kappa shape index (κ1) is 32.6. The van der Waals surface area contributed by atoms with Crippen LogP contribution in [0.4, 0.5) is 10.5 Å². The fourth-order valence-corrected chi connectivity index (χ4v) is 6.02. The summed E-state index contributed by atoms with van der Waals surface area (Å²) in [5, 5.41) is 5.77. The number of fused-ring (bicyclic) bond motifs is 7. The zero-order valence-electron chi connectivity index (χ0n) is 28.6. The molecule has 0 aliphatic rings. The molecule has 0 saturated heterocycles. The number of nitrogens with zero attached hydrogens (tertiary/aromatic N) is 1. The molecule has 0 unspecified atom stereocenters. The van der Waals surface area contributed by atoms with Gasteiger partial charge in [0, 0.05) is 39.4 Å². The fraction of sp³-hybridized carbons (Fsp3) is 0.316. The Morgan fingerprint density at radius 2 is 1.48 bits per heavy atom. The Morgan fingerprint density at radius 3 is 2.15 bits per heavy atom. The van der Waals surface area contributed by atoms with Gasteiger partial charge >= 0.3 is 11.7 Å². The zero-order valence-corrected chi connectivity index (χ0v) is 28.6. The van der Waals surface area contributed by atoms with Crippen LogP contribution in [0.1, 0.15) is 48.5 Å². The van der Waals surface area contributed by atoms with Crippen molar-refractivity contribution in [2.45, 2.75) is 66.3 Å². The molecule has 48 heavy (non-hydrogen) atoms. The standard InChI is InChI=1S/C38H40N2O8/c1-20(2)45-27-14-13-22(17-29(27)43-8)32-33-25-18-30(44-9)31(46-21(3)4)19-28(25)47-36(41)35(33)40-16-15-23-24(34(32)40)11-10-12-26(23)39-37(42)48-38(5,6)7/h10-21H,1-9H3,(H,39,42). The monoisotopic (exact) mass is 652 g/mol. The molecule has 6 rings (SSSR count). The van der Waals surface area contributed by atoms with E-state index in [1.54, 1.807) is 20.3 Å². The number of carbonyl (C=O) groups is 1. The minimum absolute atomic E-state index is 0.0657. The van der Waals surface area contributed by atoms with E-state index >= 15 is 0 Å². The van der Waals surface area contributed by atoms with Gasteiger partial charge in [0.15, 0.2) is 23.0 Å². The van der Waals surface area contributed by atoms with E-state index in [-0.39, 0.29) is 12.2 Å². The number of hydrogen-bond acceptors (Lipinski definition) is 8. The molecule has 0 bridgehead atoms. The summed E-state index contributed by atoms with van der Waals surface area (Å²) in [5.41, 5.74) is 2.34. The number of carbonyl (C=O) groups excluding carboxylic acids is 1. The summed E-state index contributed by atoms with van der Waals surface area (Å²) in [6.45, 7) is 13.2. The first-order valence-corrected chi connectivity index (χ1v) is 15.9. The molecule has 6 aromatic rings. The third-order valence-corrected chi connectivity index (χ3v) is 7.70. The number of aromatic nitrogens is 1. The highest BCUT2D eigenvalue weighted by molar-refractivity contribution is 6.22. The van der Waals surface area contributed by atoms with Crippen molar-refractivity contribution in [3.8, 4) is 34.1 Å². The molecule has 0 aliphatic heterocycles. The van der Waals surface area contributed by atoms with Gasteiger partial charge < -0.3 is 32.5 Å². The Morgan fingerprint density at radius 1 is 0.792 bits per heavy atom. The van der Waals surface area contributed by atoms with Crippen LogP contribution in [0, 0.1) is 0 Å². The molecule has 10 nitrogen and oxygen atoms in total. The highest BCUT2D eigenvalue weighted by atomic mass is 16.6. The van der Waals surface area contributed by atoms with E-state index < -0.39 is 17.3 Å². The molecule has 0 saturated carbocycles. The number of nitrogens with one attached hydrogen (secondary N) is 1. The lowest BCUT2D eigenvalue weighted by molar-refractivity contribution is 0.0636. The van der Waals surface area contributed by atoms with Crippen molar-refractivity contribution in [2.24, 2.45) is 0 Å². The van der Waals surface area contributed by atoms with Gasteiger partial charge in [0.25, 0.3) is 0 Å².